The molecule has 2 aromatic heterocycles. The normalized spacial score (nSPS) is 10.5. The quantitative estimate of drug-likeness (QED) is 0.786. The number of anilines is 1. The third-order valence-corrected chi connectivity index (χ3v) is 3.89. The van der Waals surface area contributed by atoms with Crippen LogP contribution >= 0.6 is 15.9 Å². The highest BCUT2D eigenvalue weighted by Crippen LogP contribution is 2.20. The van der Waals surface area contributed by atoms with Crippen molar-refractivity contribution in [3.8, 4) is 6.07 Å². The van der Waals surface area contributed by atoms with Crippen molar-refractivity contribution in [3.05, 3.63) is 63.9 Å². The van der Waals surface area contributed by atoms with Crippen LogP contribution in [0.4, 0.5) is 5.82 Å². The van der Waals surface area contributed by atoms with Crippen LogP contribution in [0, 0.1) is 18.3 Å². The summed E-state index contributed by atoms with van der Waals surface area (Å²) < 4.78 is 2.83. The van der Waals surface area contributed by atoms with Crippen molar-refractivity contribution in [2.24, 2.45) is 0 Å². The highest BCUT2D eigenvalue weighted by molar-refractivity contribution is 9.10. The Morgan fingerprint density at radius 2 is 2.19 bits per heavy atom. The summed E-state index contributed by atoms with van der Waals surface area (Å²) in [5.74, 6) is 0.614. The summed E-state index contributed by atoms with van der Waals surface area (Å²) in [4.78, 5) is 4.47. The Kier molecular flexibility index (Phi) is 3.63. The largest absolute Gasteiger partial charge is 0.364 e. The lowest BCUT2D eigenvalue weighted by molar-refractivity contribution is 1.09. The molecule has 0 atom stereocenters. The van der Waals surface area contributed by atoms with Crippen molar-refractivity contribution >= 4 is 27.4 Å². The summed E-state index contributed by atoms with van der Waals surface area (Å²) in [6.45, 7) is 2.70. The first kappa shape index (κ1) is 13.7. The molecule has 0 radical (unpaired) electrons. The fraction of sp³-hybridized carbons (Fsp3) is 0.125. The van der Waals surface area contributed by atoms with E-state index in [0.717, 1.165) is 10.1 Å². The Labute approximate surface area is 131 Å². The number of hydrogen-bond acceptors (Lipinski definition) is 3. The third-order valence-electron chi connectivity index (χ3n) is 3.39. The van der Waals surface area contributed by atoms with E-state index in [4.69, 9.17) is 0 Å². The van der Waals surface area contributed by atoms with Gasteiger partial charge in [-0.25, -0.2) is 4.98 Å². The molecular weight excluding hydrogens is 328 g/mol. The molecule has 21 heavy (non-hydrogen) atoms. The van der Waals surface area contributed by atoms with Crippen LogP contribution < -0.4 is 5.32 Å². The molecule has 0 aliphatic rings. The lowest BCUT2D eigenvalue weighted by Crippen LogP contribution is -2.03. The predicted octanol–water partition coefficient (Wildman–Crippen LogP) is 3.89. The molecule has 1 aromatic carbocycles. The minimum absolute atomic E-state index is 0.526. The highest BCUT2D eigenvalue weighted by atomic mass is 79.9. The third kappa shape index (κ3) is 2.63. The maximum atomic E-state index is 9.34. The van der Waals surface area contributed by atoms with Gasteiger partial charge in [0, 0.05) is 17.2 Å². The Hall–Kier alpha value is -2.32. The molecule has 104 valence electrons. The second-order valence-electron chi connectivity index (χ2n) is 4.77. The van der Waals surface area contributed by atoms with Gasteiger partial charge in [-0.05, 0) is 42.3 Å². The molecule has 0 fully saturated rings. The zero-order valence-electron chi connectivity index (χ0n) is 11.5. The molecule has 0 saturated heterocycles. The van der Waals surface area contributed by atoms with Crippen LogP contribution in [0.3, 0.4) is 0 Å². The number of nitriles is 1. The first-order valence-corrected chi connectivity index (χ1v) is 7.34. The molecule has 0 spiro atoms. The topological polar surface area (TPSA) is 53.1 Å². The summed E-state index contributed by atoms with van der Waals surface area (Å²) >= 11 is 3.48. The number of aromatic nitrogens is 2. The Morgan fingerprint density at radius 1 is 1.33 bits per heavy atom. The molecule has 3 rings (SSSR count). The second-order valence-corrected chi connectivity index (χ2v) is 5.69. The monoisotopic (exact) mass is 340 g/mol. The van der Waals surface area contributed by atoms with Crippen molar-refractivity contribution < 1.29 is 0 Å². The van der Waals surface area contributed by atoms with E-state index in [9.17, 15) is 5.26 Å². The number of hydrogen-bond donors (Lipinski definition) is 1. The van der Waals surface area contributed by atoms with Crippen molar-refractivity contribution in [2.75, 3.05) is 5.32 Å². The summed E-state index contributed by atoms with van der Waals surface area (Å²) in [6.07, 6.45) is 1.84. The van der Waals surface area contributed by atoms with Gasteiger partial charge in [-0.3, -0.25) is 4.40 Å². The van der Waals surface area contributed by atoms with Crippen LogP contribution in [0.25, 0.3) is 5.65 Å². The summed E-state index contributed by atoms with van der Waals surface area (Å²) in [6, 6.07) is 14.0. The first-order valence-electron chi connectivity index (χ1n) is 6.55. The summed E-state index contributed by atoms with van der Waals surface area (Å²) in [5, 5.41) is 12.6. The average Bonchev–Trinajstić information content (AvgIpc) is 2.85. The van der Waals surface area contributed by atoms with E-state index in [-0.39, 0.29) is 0 Å². The van der Waals surface area contributed by atoms with Gasteiger partial charge in [0.15, 0.2) is 11.5 Å². The molecule has 3 aromatic rings. The minimum Gasteiger partial charge on any atom is -0.364 e. The molecule has 0 aliphatic heterocycles. The summed E-state index contributed by atoms with van der Waals surface area (Å²) in [5.41, 5.74) is 3.67. The molecular formula is C16H13BrN4. The van der Waals surface area contributed by atoms with Gasteiger partial charge in [0.2, 0.25) is 0 Å². The average molecular weight is 341 g/mol. The number of benzene rings is 1. The van der Waals surface area contributed by atoms with E-state index in [1.165, 1.54) is 11.1 Å². The molecule has 0 unspecified atom stereocenters. The van der Waals surface area contributed by atoms with E-state index < -0.39 is 0 Å². The maximum Gasteiger partial charge on any atom is 0.168 e. The molecule has 0 aliphatic carbocycles. The van der Waals surface area contributed by atoms with Gasteiger partial charge >= 0.3 is 0 Å². The Bertz CT molecular complexity index is 845. The molecule has 1 N–H and O–H groups in total. The molecule has 5 heteroatoms. The maximum absolute atomic E-state index is 9.34. The van der Waals surface area contributed by atoms with Gasteiger partial charge in [-0.15, -0.1) is 0 Å². The fourth-order valence-electron chi connectivity index (χ4n) is 2.24. The molecule has 4 nitrogen and oxygen atoms in total. The number of nitrogens with zero attached hydrogens (tertiary/aromatic N) is 3. The van der Waals surface area contributed by atoms with Crippen LogP contribution in [-0.4, -0.2) is 9.38 Å². The number of imidazole rings is 1. The van der Waals surface area contributed by atoms with Crippen molar-refractivity contribution in [2.45, 2.75) is 13.5 Å². The molecule has 0 bridgehead atoms. The van der Waals surface area contributed by atoms with Gasteiger partial charge in [-0.1, -0.05) is 28.1 Å². The van der Waals surface area contributed by atoms with E-state index >= 15 is 0 Å². The zero-order valence-corrected chi connectivity index (χ0v) is 13.1. The smallest absolute Gasteiger partial charge is 0.168 e. The van der Waals surface area contributed by atoms with Crippen molar-refractivity contribution in [1.82, 2.24) is 9.38 Å². The van der Waals surface area contributed by atoms with Crippen molar-refractivity contribution in [1.29, 1.82) is 5.26 Å². The van der Waals surface area contributed by atoms with E-state index in [1.807, 2.05) is 30.5 Å². The Morgan fingerprint density at radius 3 is 3.00 bits per heavy atom. The van der Waals surface area contributed by atoms with Gasteiger partial charge < -0.3 is 5.32 Å². The van der Waals surface area contributed by atoms with Crippen LogP contribution in [0.15, 0.2) is 47.1 Å². The molecule has 0 saturated carbocycles. The zero-order chi connectivity index (χ0) is 14.8. The van der Waals surface area contributed by atoms with Crippen molar-refractivity contribution in [3.63, 3.8) is 0 Å². The second kappa shape index (κ2) is 5.58. The molecule has 2 heterocycles. The van der Waals surface area contributed by atoms with E-state index in [0.29, 0.717) is 18.1 Å². The number of nitrogens with one attached hydrogen (secondary N) is 1. The number of rotatable bonds is 3. The standard InChI is InChI=1S/C16H13BrN4/c1-11-5-6-13(17)8-12(11)10-19-16-14(9-18)21-7-3-2-4-15(21)20-16/h2-8,19H,10H2,1H3. The van der Waals surface area contributed by atoms with E-state index in [2.05, 4.69) is 51.4 Å². The number of pyridine rings is 1. The lowest BCUT2D eigenvalue weighted by Gasteiger charge is -2.08. The van der Waals surface area contributed by atoms with Gasteiger partial charge in [0.25, 0.3) is 0 Å². The van der Waals surface area contributed by atoms with Gasteiger partial charge in [0.05, 0.1) is 0 Å². The van der Waals surface area contributed by atoms with Crippen LogP contribution in [0.1, 0.15) is 16.8 Å². The van der Waals surface area contributed by atoms with Crippen LogP contribution in [-0.2, 0) is 6.54 Å². The van der Waals surface area contributed by atoms with Crippen LogP contribution in [0.2, 0.25) is 0 Å². The lowest BCUT2D eigenvalue weighted by atomic mass is 10.1. The molecule has 0 amide bonds. The Balaban J connectivity index is 1.92. The number of fused-ring (bicyclic) bond motifs is 1. The SMILES string of the molecule is Cc1ccc(Br)cc1CNc1nc2ccccn2c1C#N. The van der Waals surface area contributed by atoms with Crippen LogP contribution in [0.5, 0.6) is 0 Å². The van der Waals surface area contributed by atoms with Gasteiger partial charge in [-0.2, -0.15) is 5.26 Å². The fourth-order valence-corrected chi connectivity index (χ4v) is 2.64. The number of aryl methyl sites for hydroxylation is 1. The minimum atomic E-state index is 0.526. The number of halogens is 1. The van der Waals surface area contributed by atoms with E-state index in [1.54, 1.807) is 4.40 Å². The first-order chi connectivity index (χ1) is 10.2. The van der Waals surface area contributed by atoms with Gasteiger partial charge in [0.1, 0.15) is 11.7 Å². The highest BCUT2D eigenvalue weighted by Gasteiger charge is 2.11. The summed E-state index contributed by atoms with van der Waals surface area (Å²) in [7, 11) is 0. The predicted molar refractivity (Wildman–Crippen MR) is 86.1 cm³/mol.